The van der Waals surface area contributed by atoms with Crippen molar-refractivity contribution in [2.45, 2.75) is 13.8 Å². The lowest BCUT2D eigenvalue weighted by Crippen LogP contribution is -1.83. The summed E-state index contributed by atoms with van der Waals surface area (Å²) in [5.74, 6) is 0. The minimum absolute atomic E-state index is 1.03. The molecular formula is C14H20S. The fourth-order valence-electron chi connectivity index (χ4n) is 1.08. The van der Waals surface area contributed by atoms with Crippen LogP contribution < -0.4 is 0 Å². The molecule has 0 saturated heterocycles. The summed E-state index contributed by atoms with van der Waals surface area (Å²) in [6.45, 7) is 11.9. The number of benzene rings is 1. The topological polar surface area (TPSA) is 0 Å². The molecule has 82 valence electrons. The molecule has 0 fully saturated rings. The molecule has 0 aliphatic heterocycles. The summed E-state index contributed by atoms with van der Waals surface area (Å²) in [5.41, 5.74) is 4.48. The van der Waals surface area contributed by atoms with E-state index in [1.807, 2.05) is 25.5 Å². The number of rotatable bonds is 2. The molecule has 0 amide bonds. The molecular weight excluding hydrogens is 200 g/mol. The van der Waals surface area contributed by atoms with Crippen LogP contribution in [0.4, 0.5) is 0 Å². The summed E-state index contributed by atoms with van der Waals surface area (Å²) < 4.78 is 0. The van der Waals surface area contributed by atoms with Gasteiger partial charge in [-0.25, -0.2) is 0 Å². The first kappa shape index (κ1) is 14.1. The standard InChI is InChI=1S/C12H14.C2H6S/c1-9(2)11(4)12-7-5-6-10(3)8-12;1-3-2/h5-8H,1,4H2,2-3H3;1-2H3. The van der Waals surface area contributed by atoms with Crippen LogP contribution >= 0.6 is 11.8 Å². The molecule has 0 atom stereocenters. The van der Waals surface area contributed by atoms with Crippen LogP contribution in [-0.2, 0) is 0 Å². The predicted molar refractivity (Wildman–Crippen MR) is 74.5 cm³/mol. The summed E-state index contributed by atoms with van der Waals surface area (Å²) in [4.78, 5) is 0. The van der Waals surface area contributed by atoms with Crippen molar-refractivity contribution in [3.05, 3.63) is 54.1 Å². The van der Waals surface area contributed by atoms with Gasteiger partial charge in [0.1, 0.15) is 0 Å². The molecule has 0 aromatic heterocycles. The lowest BCUT2D eigenvalue weighted by molar-refractivity contribution is 1.43. The maximum atomic E-state index is 3.97. The van der Waals surface area contributed by atoms with Crippen molar-refractivity contribution in [1.82, 2.24) is 0 Å². The predicted octanol–water partition coefficient (Wildman–Crippen LogP) is 4.56. The molecule has 0 unspecified atom stereocenters. The quantitative estimate of drug-likeness (QED) is 0.658. The van der Waals surface area contributed by atoms with E-state index in [-0.39, 0.29) is 0 Å². The minimum atomic E-state index is 1.03. The number of aryl methyl sites for hydroxylation is 1. The number of hydrogen-bond donors (Lipinski definition) is 0. The SMILES string of the molecule is C=C(C)C(=C)c1cccc(C)c1.CSC. The van der Waals surface area contributed by atoms with Crippen LogP contribution in [0, 0.1) is 6.92 Å². The van der Waals surface area contributed by atoms with Gasteiger partial charge in [0.15, 0.2) is 0 Å². The van der Waals surface area contributed by atoms with Gasteiger partial charge in [0.2, 0.25) is 0 Å². The third kappa shape index (κ3) is 5.48. The highest BCUT2D eigenvalue weighted by Crippen LogP contribution is 2.19. The van der Waals surface area contributed by atoms with Crippen LogP contribution in [-0.4, -0.2) is 12.5 Å². The number of hydrogen-bond acceptors (Lipinski definition) is 1. The van der Waals surface area contributed by atoms with Gasteiger partial charge in [0.25, 0.3) is 0 Å². The van der Waals surface area contributed by atoms with Gasteiger partial charge in [-0.05, 0) is 37.5 Å². The molecule has 0 saturated carbocycles. The van der Waals surface area contributed by atoms with E-state index in [9.17, 15) is 0 Å². The van der Waals surface area contributed by atoms with Gasteiger partial charge in [-0.1, -0.05) is 48.6 Å². The second-order valence-corrected chi connectivity index (χ2v) is 4.35. The van der Waals surface area contributed by atoms with Crippen molar-refractivity contribution >= 4 is 17.3 Å². The van der Waals surface area contributed by atoms with Crippen molar-refractivity contribution in [2.75, 3.05) is 12.5 Å². The highest BCUT2D eigenvalue weighted by molar-refractivity contribution is 7.97. The number of allylic oxidation sites excluding steroid dienone is 2. The first-order valence-corrected chi connectivity index (χ1v) is 6.48. The Bertz CT molecular complexity index is 337. The molecule has 1 aromatic rings. The second kappa shape index (κ2) is 7.36. The summed E-state index contributed by atoms with van der Waals surface area (Å²) in [6.07, 6.45) is 4.08. The third-order valence-corrected chi connectivity index (χ3v) is 1.88. The zero-order valence-electron chi connectivity index (χ0n) is 10.1. The molecule has 1 heteroatoms. The molecule has 0 bridgehead atoms. The zero-order chi connectivity index (χ0) is 11.8. The van der Waals surface area contributed by atoms with Gasteiger partial charge < -0.3 is 0 Å². The van der Waals surface area contributed by atoms with Gasteiger partial charge in [-0.15, -0.1) is 0 Å². The average Bonchev–Trinajstić information content (AvgIpc) is 2.17. The van der Waals surface area contributed by atoms with E-state index in [0.717, 1.165) is 11.1 Å². The highest BCUT2D eigenvalue weighted by Gasteiger charge is 1.97. The van der Waals surface area contributed by atoms with E-state index in [4.69, 9.17) is 0 Å². The molecule has 0 nitrogen and oxygen atoms in total. The fraction of sp³-hybridized carbons (Fsp3) is 0.286. The zero-order valence-corrected chi connectivity index (χ0v) is 10.9. The van der Waals surface area contributed by atoms with E-state index >= 15 is 0 Å². The van der Waals surface area contributed by atoms with Crippen LogP contribution in [0.15, 0.2) is 43.0 Å². The van der Waals surface area contributed by atoms with E-state index in [1.54, 1.807) is 11.8 Å². The van der Waals surface area contributed by atoms with Crippen molar-refractivity contribution in [2.24, 2.45) is 0 Å². The molecule has 1 aromatic carbocycles. The smallest absolute Gasteiger partial charge is 0.0185 e. The van der Waals surface area contributed by atoms with Crippen LogP contribution in [0.3, 0.4) is 0 Å². The molecule has 0 aliphatic rings. The normalized spacial score (nSPS) is 8.80. The van der Waals surface area contributed by atoms with Crippen molar-refractivity contribution in [3.63, 3.8) is 0 Å². The Kier molecular flexibility index (Phi) is 6.89. The second-order valence-electron chi connectivity index (χ2n) is 3.54. The molecule has 0 N–H and O–H groups in total. The van der Waals surface area contributed by atoms with Gasteiger partial charge in [0.05, 0.1) is 0 Å². The van der Waals surface area contributed by atoms with Crippen LogP contribution in [0.5, 0.6) is 0 Å². The average molecular weight is 220 g/mol. The van der Waals surface area contributed by atoms with E-state index in [0.29, 0.717) is 0 Å². The van der Waals surface area contributed by atoms with Gasteiger partial charge in [-0.2, -0.15) is 11.8 Å². The van der Waals surface area contributed by atoms with E-state index in [2.05, 4.69) is 38.3 Å². The molecule has 15 heavy (non-hydrogen) atoms. The van der Waals surface area contributed by atoms with Crippen molar-refractivity contribution in [3.8, 4) is 0 Å². The Morgan fingerprint density at radius 2 is 1.73 bits per heavy atom. The van der Waals surface area contributed by atoms with Gasteiger partial charge in [0, 0.05) is 0 Å². The Morgan fingerprint density at radius 3 is 2.13 bits per heavy atom. The largest absolute Gasteiger partial charge is 0.169 e. The van der Waals surface area contributed by atoms with Crippen molar-refractivity contribution in [1.29, 1.82) is 0 Å². The maximum Gasteiger partial charge on any atom is -0.0185 e. The summed E-state index contributed by atoms with van der Waals surface area (Å²) >= 11 is 1.75. The molecule has 0 aliphatic carbocycles. The maximum absolute atomic E-state index is 3.97. The number of thioether (sulfide) groups is 1. The monoisotopic (exact) mass is 220 g/mol. The van der Waals surface area contributed by atoms with Crippen LogP contribution in [0.1, 0.15) is 18.1 Å². The molecule has 0 heterocycles. The third-order valence-electron chi connectivity index (χ3n) is 1.88. The first-order chi connectivity index (χ1) is 7.02. The first-order valence-electron chi connectivity index (χ1n) is 4.84. The molecule has 1 rings (SSSR count). The summed E-state index contributed by atoms with van der Waals surface area (Å²) in [6, 6.07) is 8.30. The lowest BCUT2D eigenvalue weighted by Gasteiger charge is -2.05. The Morgan fingerprint density at radius 1 is 1.20 bits per heavy atom. The van der Waals surface area contributed by atoms with Crippen molar-refractivity contribution < 1.29 is 0 Å². The Hall–Kier alpha value is -0.950. The molecule has 0 radical (unpaired) electrons. The van der Waals surface area contributed by atoms with Crippen LogP contribution in [0.25, 0.3) is 5.57 Å². The highest BCUT2D eigenvalue weighted by atomic mass is 32.2. The summed E-state index contributed by atoms with van der Waals surface area (Å²) in [7, 11) is 0. The van der Waals surface area contributed by atoms with E-state index in [1.165, 1.54) is 11.1 Å². The van der Waals surface area contributed by atoms with E-state index < -0.39 is 0 Å². The summed E-state index contributed by atoms with van der Waals surface area (Å²) in [5, 5.41) is 0. The Balaban J connectivity index is 0.000000583. The Labute approximate surface area is 98.1 Å². The fourth-order valence-corrected chi connectivity index (χ4v) is 1.08. The lowest BCUT2D eigenvalue weighted by atomic mass is 10.0. The van der Waals surface area contributed by atoms with Gasteiger partial charge in [-0.3, -0.25) is 0 Å². The van der Waals surface area contributed by atoms with Crippen LogP contribution in [0.2, 0.25) is 0 Å². The minimum Gasteiger partial charge on any atom is -0.169 e. The van der Waals surface area contributed by atoms with Gasteiger partial charge >= 0.3 is 0 Å². The molecule has 0 spiro atoms.